The van der Waals surface area contributed by atoms with Gasteiger partial charge < -0.3 is 5.11 Å². The van der Waals surface area contributed by atoms with Crippen molar-refractivity contribution in [1.29, 1.82) is 0 Å². The maximum absolute atomic E-state index is 8.84. The lowest BCUT2D eigenvalue weighted by Gasteiger charge is -2.00. The second-order valence-electron chi connectivity index (χ2n) is 2.33. The van der Waals surface area contributed by atoms with Crippen molar-refractivity contribution in [3.8, 4) is 0 Å². The molecule has 6 nitrogen and oxygen atoms in total. The number of rotatable bonds is 0. The predicted molar refractivity (Wildman–Crippen MR) is 52.0 cm³/mol. The molecule has 14 heavy (non-hydrogen) atoms. The first-order chi connectivity index (χ1) is 6.33. The van der Waals surface area contributed by atoms with E-state index in [1.54, 1.807) is 19.2 Å². The third-order valence-corrected chi connectivity index (χ3v) is 1.25. The van der Waals surface area contributed by atoms with E-state index < -0.39 is 10.4 Å². The highest BCUT2D eigenvalue weighted by atomic mass is 32.3. The Labute approximate surface area is 81.9 Å². The monoisotopic (exact) mass is 221 g/mol. The normalized spacial score (nSPS) is 18.5. The number of nitrogens with zero attached hydrogens (tertiary/aromatic N) is 1. The molecule has 1 aliphatic carbocycles. The largest absolute Gasteiger partial charge is 0.508 e. The molecule has 0 saturated carbocycles. The SMILES string of the molecule is CN=C1C=CC(O)=CC1.O=S(=O)(O)O. The first-order valence-electron chi connectivity index (χ1n) is 3.55. The molecule has 0 saturated heterocycles. The van der Waals surface area contributed by atoms with Crippen LogP contribution in [0.15, 0.2) is 29.0 Å². The van der Waals surface area contributed by atoms with Crippen LogP contribution in [0.25, 0.3) is 0 Å². The summed E-state index contributed by atoms with van der Waals surface area (Å²) in [5.41, 5.74) is 1.01. The van der Waals surface area contributed by atoms with Gasteiger partial charge in [-0.1, -0.05) is 0 Å². The fraction of sp³-hybridized carbons (Fsp3) is 0.286. The van der Waals surface area contributed by atoms with E-state index in [1.165, 1.54) is 0 Å². The lowest BCUT2D eigenvalue weighted by atomic mass is 10.1. The van der Waals surface area contributed by atoms with Crippen molar-refractivity contribution in [2.24, 2.45) is 4.99 Å². The molecule has 0 aromatic heterocycles. The Morgan fingerprint density at radius 3 is 2.14 bits per heavy atom. The van der Waals surface area contributed by atoms with E-state index >= 15 is 0 Å². The van der Waals surface area contributed by atoms with Crippen molar-refractivity contribution in [2.45, 2.75) is 6.42 Å². The smallest absolute Gasteiger partial charge is 0.394 e. The van der Waals surface area contributed by atoms with E-state index in [0.29, 0.717) is 5.76 Å². The van der Waals surface area contributed by atoms with Gasteiger partial charge in [-0.3, -0.25) is 14.1 Å². The topological polar surface area (TPSA) is 107 Å². The van der Waals surface area contributed by atoms with Gasteiger partial charge in [-0.2, -0.15) is 8.42 Å². The molecule has 0 spiro atoms. The van der Waals surface area contributed by atoms with Crippen molar-refractivity contribution < 1.29 is 22.6 Å². The van der Waals surface area contributed by atoms with Crippen molar-refractivity contribution in [3.05, 3.63) is 24.0 Å². The Hall–Kier alpha value is -1.18. The molecule has 0 unspecified atom stereocenters. The summed E-state index contributed by atoms with van der Waals surface area (Å²) in [7, 11) is -2.92. The van der Waals surface area contributed by atoms with Crippen LogP contribution in [-0.4, -0.2) is 35.4 Å². The third-order valence-electron chi connectivity index (χ3n) is 1.25. The molecule has 0 aromatic rings. The molecule has 0 fully saturated rings. The fourth-order valence-corrected chi connectivity index (χ4v) is 0.693. The van der Waals surface area contributed by atoms with Crippen LogP contribution in [0.1, 0.15) is 6.42 Å². The maximum atomic E-state index is 8.84. The summed E-state index contributed by atoms with van der Waals surface area (Å²) in [4.78, 5) is 3.96. The van der Waals surface area contributed by atoms with Crippen LogP contribution in [0, 0.1) is 0 Å². The van der Waals surface area contributed by atoms with E-state index in [0.717, 1.165) is 12.1 Å². The van der Waals surface area contributed by atoms with Gasteiger partial charge in [-0.25, -0.2) is 0 Å². The van der Waals surface area contributed by atoms with Gasteiger partial charge in [0, 0.05) is 19.2 Å². The number of hydrogen-bond acceptors (Lipinski definition) is 4. The van der Waals surface area contributed by atoms with E-state index in [9.17, 15) is 0 Å². The Bertz CT molecular complexity index is 358. The van der Waals surface area contributed by atoms with Crippen LogP contribution in [0.2, 0.25) is 0 Å². The van der Waals surface area contributed by atoms with Crippen molar-refractivity contribution >= 4 is 16.1 Å². The zero-order valence-electron chi connectivity index (χ0n) is 7.45. The van der Waals surface area contributed by atoms with Crippen LogP contribution in [0.5, 0.6) is 0 Å². The number of allylic oxidation sites excluding steroid dienone is 3. The van der Waals surface area contributed by atoms with Gasteiger partial charge in [-0.05, 0) is 18.2 Å². The second-order valence-corrected chi connectivity index (χ2v) is 3.22. The Balaban J connectivity index is 0.000000292. The summed E-state index contributed by atoms with van der Waals surface area (Å²) < 4.78 is 31.6. The maximum Gasteiger partial charge on any atom is 0.394 e. The molecule has 1 aliphatic rings. The standard InChI is InChI=1S/C7H9NO.H2O4S/c1-8-6-2-4-7(9)5-3-6;1-5(2,3)4/h2,4-5,9H,3H2,1H3;(H2,1,2,3,4). The van der Waals surface area contributed by atoms with Crippen LogP contribution in [0.3, 0.4) is 0 Å². The quantitative estimate of drug-likeness (QED) is 0.524. The average Bonchev–Trinajstić information content (AvgIpc) is 2.03. The highest BCUT2D eigenvalue weighted by Gasteiger charge is 1.97. The van der Waals surface area contributed by atoms with Gasteiger partial charge in [0.25, 0.3) is 0 Å². The summed E-state index contributed by atoms with van der Waals surface area (Å²) >= 11 is 0. The summed E-state index contributed by atoms with van der Waals surface area (Å²) in [5, 5.41) is 8.84. The van der Waals surface area contributed by atoms with Crippen LogP contribution in [-0.2, 0) is 10.4 Å². The molecule has 0 bridgehead atoms. The van der Waals surface area contributed by atoms with E-state index in [4.69, 9.17) is 22.6 Å². The summed E-state index contributed by atoms with van der Waals surface area (Å²) in [6, 6.07) is 0. The first-order valence-corrected chi connectivity index (χ1v) is 4.95. The minimum absolute atomic E-state index is 0.336. The minimum atomic E-state index is -4.67. The summed E-state index contributed by atoms with van der Waals surface area (Å²) in [6.07, 6.45) is 5.95. The number of aliphatic hydroxyl groups excluding tert-OH is 1. The molecular formula is C7H11NO5S. The molecule has 0 heterocycles. The second kappa shape index (κ2) is 5.53. The van der Waals surface area contributed by atoms with Gasteiger partial charge in [-0.15, -0.1) is 0 Å². The summed E-state index contributed by atoms with van der Waals surface area (Å²) in [5.74, 6) is 0.336. The highest BCUT2D eigenvalue weighted by Crippen LogP contribution is 2.03. The first kappa shape index (κ1) is 12.8. The van der Waals surface area contributed by atoms with Gasteiger partial charge in [0.05, 0.1) is 0 Å². The van der Waals surface area contributed by atoms with E-state index in [2.05, 4.69) is 4.99 Å². The zero-order valence-corrected chi connectivity index (χ0v) is 8.27. The molecule has 1 rings (SSSR count). The van der Waals surface area contributed by atoms with Crippen molar-refractivity contribution in [2.75, 3.05) is 7.05 Å². The molecule has 0 radical (unpaired) electrons. The number of aliphatic hydroxyl groups is 1. The zero-order chi connectivity index (χ0) is 11.2. The molecule has 0 amide bonds. The number of hydrogen-bond donors (Lipinski definition) is 3. The Morgan fingerprint density at radius 1 is 1.36 bits per heavy atom. The molecule has 80 valence electrons. The Morgan fingerprint density at radius 2 is 1.86 bits per heavy atom. The van der Waals surface area contributed by atoms with Crippen LogP contribution < -0.4 is 0 Å². The lowest BCUT2D eigenvalue weighted by molar-refractivity contribution is 0.381. The molecule has 0 aromatic carbocycles. The molecule has 7 heteroatoms. The predicted octanol–water partition coefficient (Wildman–Crippen LogP) is 0.806. The van der Waals surface area contributed by atoms with Gasteiger partial charge in [0.1, 0.15) is 5.76 Å². The third kappa shape index (κ3) is 8.91. The van der Waals surface area contributed by atoms with E-state index in [1.807, 2.05) is 6.08 Å². The van der Waals surface area contributed by atoms with Gasteiger partial charge >= 0.3 is 10.4 Å². The van der Waals surface area contributed by atoms with Gasteiger partial charge in [0.15, 0.2) is 0 Å². The van der Waals surface area contributed by atoms with Crippen molar-refractivity contribution in [3.63, 3.8) is 0 Å². The van der Waals surface area contributed by atoms with Crippen molar-refractivity contribution in [1.82, 2.24) is 0 Å². The Kier molecular flexibility index (Phi) is 5.06. The minimum Gasteiger partial charge on any atom is -0.508 e. The lowest BCUT2D eigenvalue weighted by Crippen LogP contribution is -1.96. The van der Waals surface area contributed by atoms with Crippen LogP contribution >= 0.6 is 0 Å². The molecular weight excluding hydrogens is 210 g/mol. The average molecular weight is 221 g/mol. The van der Waals surface area contributed by atoms with E-state index in [-0.39, 0.29) is 0 Å². The van der Waals surface area contributed by atoms with Crippen LogP contribution in [0.4, 0.5) is 0 Å². The van der Waals surface area contributed by atoms with Gasteiger partial charge in [0.2, 0.25) is 0 Å². The number of aliphatic imine (C=N–C) groups is 1. The summed E-state index contributed by atoms with van der Waals surface area (Å²) in [6.45, 7) is 0. The molecule has 0 atom stereocenters. The fourth-order valence-electron chi connectivity index (χ4n) is 0.693. The molecule has 3 N–H and O–H groups in total. The highest BCUT2D eigenvalue weighted by molar-refractivity contribution is 7.79. The molecule has 0 aliphatic heterocycles.